The van der Waals surface area contributed by atoms with E-state index in [1.165, 1.54) is 11.9 Å². The molecule has 6 heteroatoms. The van der Waals surface area contributed by atoms with Crippen molar-refractivity contribution in [3.8, 4) is 0 Å². The molecule has 94 valence electrons. The maximum Gasteiger partial charge on any atom is 0.150 e. The lowest BCUT2D eigenvalue weighted by atomic mass is 10.2. The van der Waals surface area contributed by atoms with Gasteiger partial charge in [0.1, 0.15) is 22.4 Å². The predicted molar refractivity (Wildman–Crippen MR) is 81.4 cm³/mol. The van der Waals surface area contributed by atoms with E-state index >= 15 is 0 Å². The topological polar surface area (TPSA) is 49.8 Å². The van der Waals surface area contributed by atoms with E-state index in [9.17, 15) is 0 Å². The Morgan fingerprint density at radius 3 is 2.44 bits per heavy atom. The largest absolute Gasteiger partial charge is 0.372 e. The number of aromatic nitrogens is 2. The summed E-state index contributed by atoms with van der Waals surface area (Å²) in [6.07, 6.45) is 1.52. The first-order valence-electron chi connectivity index (χ1n) is 5.32. The Morgan fingerprint density at radius 2 is 1.78 bits per heavy atom. The van der Waals surface area contributed by atoms with E-state index < -0.39 is 0 Å². The Morgan fingerprint density at radius 1 is 1.06 bits per heavy atom. The van der Waals surface area contributed by atoms with Crippen molar-refractivity contribution < 1.29 is 0 Å². The first kappa shape index (κ1) is 13.3. The van der Waals surface area contributed by atoms with Crippen molar-refractivity contribution in [3.05, 3.63) is 39.0 Å². The summed E-state index contributed by atoms with van der Waals surface area (Å²) < 4.78 is 1.84. The number of rotatable bonds is 3. The number of halogens is 2. The van der Waals surface area contributed by atoms with Gasteiger partial charge in [-0.05, 0) is 46.6 Å². The van der Waals surface area contributed by atoms with Gasteiger partial charge in [0.15, 0.2) is 0 Å². The SMILES string of the molecule is CNc1ncnc(Nc2cc(C)cc(Br)c2)c1Br. The van der Waals surface area contributed by atoms with Crippen molar-refractivity contribution in [2.45, 2.75) is 6.92 Å². The summed E-state index contributed by atoms with van der Waals surface area (Å²) in [5, 5.41) is 6.26. The van der Waals surface area contributed by atoms with E-state index in [2.05, 4.69) is 64.6 Å². The fourth-order valence-electron chi connectivity index (χ4n) is 1.58. The molecule has 0 aliphatic rings. The second-order valence-electron chi connectivity index (χ2n) is 3.78. The number of nitrogens with one attached hydrogen (secondary N) is 2. The van der Waals surface area contributed by atoms with Gasteiger partial charge in [-0.3, -0.25) is 0 Å². The molecule has 18 heavy (non-hydrogen) atoms. The Kier molecular flexibility index (Phi) is 4.19. The van der Waals surface area contributed by atoms with Crippen LogP contribution in [-0.4, -0.2) is 17.0 Å². The smallest absolute Gasteiger partial charge is 0.150 e. The van der Waals surface area contributed by atoms with Crippen molar-refractivity contribution in [3.63, 3.8) is 0 Å². The minimum atomic E-state index is 0.729. The molecule has 0 saturated carbocycles. The summed E-state index contributed by atoms with van der Waals surface area (Å²) in [4.78, 5) is 8.33. The number of nitrogens with zero attached hydrogens (tertiary/aromatic N) is 2. The lowest BCUT2D eigenvalue weighted by molar-refractivity contribution is 1.14. The molecule has 1 heterocycles. The zero-order chi connectivity index (χ0) is 13.1. The molecule has 0 aliphatic carbocycles. The predicted octanol–water partition coefficient (Wildman–Crippen LogP) is 4.10. The highest BCUT2D eigenvalue weighted by atomic mass is 79.9. The van der Waals surface area contributed by atoms with Crippen LogP contribution in [-0.2, 0) is 0 Å². The summed E-state index contributed by atoms with van der Waals surface area (Å²) in [6, 6.07) is 6.11. The van der Waals surface area contributed by atoms with Crippen molar-refractivity contribution >= 4 is 49.2 Å². The van der Waals surface area contributed by atoms with E-state index in [1.54, 1.807) is 0 Å². The maximum atomic E-state index is 4.22. The summed E-state index contributed by atoms with van der Waals surface area (Å²) in [5.74, 6) is 1.48. The molecule has 0 radical (unpaired) electrons. The van der Waals surface area contributed by atoms with Gasteiger partial charge in [-0.15, -0.1) is 0 Å². The number of benzene rings is 1. The highest BCUT2D eigenvalue weighted by molar-refractivity contribution is 9.11. The molecule has 2 rings (SSSR count). The number of anilines is 3. The zero-order valence-corrected chi connectivity index (χ0v) is 13.1. The molecule has 2 aromatic rings. The summed E-state index contributed by atoms with van der Waals surface area (Å²) >= 11 is 6.95. The minimum Gasteiger partial charge on any atom is -0.372 e. The summed E-state index contributed by atoms with van der Waals surface area (Å²) in [5.41, 5.74) is 2.15. The second kappa shape index (κ2) is 5.67. The lowest BCUT2D eigenvalue weighted by Crippen LogP contribution is -2.00. The van der Waals surface area contributed by atoms with E-state index in [1.807, 2.05) is 20.0 Å². The van der Waals surface area contributed by atoms with Gasteiger partial charge in [-0.1, -0.05) is 15.9 Å². The third kappa shape index (κ3) is 3.00. The second-order valence-corrected chi connectivity index (χ2v) is 5.49. The lowest BCUT2D eigenvalue weighted by Gasteiger charge is -2.10. The molecule has 0 atom stereocenters. The molecule has 0 aliphatic heterocycles. The highest BCUT2D eigenvalue weighted by Gasteiger charge is 2.07. The van der Waals surface area contributed by atoms with Gasteiger partial charge in [0.25, 0.3) is 0 Å². The van der Waals surface area contributed by atoms with Crippen molar-refractivity contribution in [1.29, 1.82) is 0 Å². The first-order valence-corrected chi connectivity index (χ1v) is 6.91. The Labute approximate surface area is 122 Å². The molecule has 4 nitrogen and oxygen atoms in total. The molecule has 0 saturated heterocycles. The van der Waals surface area contributed by atoms with Gasteiger partial charge in [0.05, 0.1) is 0 Å². The average molecular weight is 372 g/mol. The van der Waals surface area contributed by atoms with Crippen molar-refractivity contribution in [2.75, 3.05) is 17.7 Å². The molecule has 0 unspecified atom stereocenters. The van der Waals surface area contributed by atoms with E-state index in [0.29, 0.717) is 0 Å². The normalized spacial score (nSPS) is 10.2. The molecular weight excluding hydrogens is 360 g/mol. The molecule has 0 fully saturated rings. The molecule has 0 amide bonds. The molecule has 2 N–H and O–H groups in total. The molecule has 1 aromatic carbocycles. The van der Waals surface area contributed by atoms with E-state index in [-0.39, 0.29) is 0 Å². The van der Waals surface area contributed by atoms with E-state index in [0.717, 1.165) is 26.3 Å². The maximum absolute atomic E-state index is 4.22. The van der Waals surface area contributed by atoms with Crippen LogP contribution >= 0.6 is 31.9 Å². The van der Waals surface area contributed by atoms with Crippen LogP contribution in [0.25, 0.3) is 0 Å². The van der Waals surface area contributed by atoms with Gasteiger partial charge in [-0.25, -0.2) is 9.97 Å². The third-order valence-electron chi connectivity index (χ3n) is 2.33. The highest BCUT2D eigenvalue weighted by Crippen LogP contribution is 2.29. The van der Waals surface area contributed by atoms with Crippen molar-refractivity contribution in [2.24, 2.45) is 0 Å². The summed E-state index contributed by atoms with van der Waals surface area (Å²) in [7, 11) is 1.82. The van der Waals surface area contributed by atoms with Crippen LogP contribution in [0.4, 0.5) is 17.3 Å². The Hall–Kier alpha value is -1.14. The Balaban J connectivity index is 2.34. The van der Waals surface area contributed by atoms with E-state index in [4.69, 9.17) is 0 Å². The van der Waals surface area contributed by atoms with Crippen molar-refractivity contribution in [1.82, 2.24) is 9.97 Å². The van der Waals surface area contributed by atoms with Crippen LogP contribution in [0.3, 0.4) is 0 Å². The van der Waals surface area contributed by atoms with Gasteiger partial charge >= 0.3 is 0 Å². The van der Waals surface area contributed by atoms with Crippen LogP contribution in [0.2, 0.25) is 0 Å². The standard InChI is InChI=1S/C12H12Br2N4/c1-7-3-8(13)5-9(4-7)18-12-10(14)11(15-2)16-6-17-12/h3-6H,1-2H3,(H2,15,16,17,18). The van der Waals surface area contributed by atoms with Crippen LogP contribution in [0.1, 0.15) is 5.56 Å². The Bertz CT molecular complexity index is 552. The molecule has 0 spiro atoms. The quantitative estimate of drug-likeness (QED) is 0.852. The van der Waals surface area contributed by atoms with Crippen LogP contribution in [0.15, 0.2) is 33.5 Å². The molecular formula is C12H12Br2N4. The average Bonchev–Trinajstić information content (AvgIpc) is 2.30. The molecule has 0 bridgehead atoms. The van der Waals surface area contributed by atoms with Gasteiger partial charge in [0.2, 0.25) is 0 Å². The summed E-state index contributed by atoms with van der Waals surface area (Å²) in [6.45, 7) is 2.05. The third-order valence-corrected chi connectivity index (χ3v) is 3.54. The van der Waals surface area contributed by atoms with Gasteiger partial charge < -0.3 is 10.6 Å². The first-order chi connectivity index (χ1) is 8.60. The van der Waals surface area contributed by atoms with Crippen LogP contribution < -0.4 is 10.6 Å². The zero-order valence-electron chi connectivity index (χ0n) is 9.96. The molecule has 1 aromatic heterocycles. The number of hydrogen-bond donors (Lipinski definition) is 2. The van der Waals surface area contributed by atoms with Gasteiger partial charge in [-0.2, -0.15) is 0 Å². The van der Waals surface area contributed by atoms with Gasteiger partial charge in [0, 0.05) is 17.2 Å². The number of hydrogen-bond acceptors (Lipinski definition) is 4. The number of aryl methyl sites for hydroxylation is 1. The fourth-order valence-corrected chi connectivity index (χ4v) is 2.69. The monoisotopic (exact) mass is 370 g/mol. The van der Waals surface area contributed by atoms with Crippen LogP contribution in [0, 0.1) is 6.92 Å². The fraction of sp³-hybridized carbons (Fsp3) is 0.167. The van der Waals surface area contributed by atoms with Crippen LogP contribution in [0.5, 0.6) is 0 Å². The minimum absolute atomic E-state index is 0.729.